The molecule has 0 bridgehead atoms. The van der Waals surface area contributed by atoms with E-state index in [1.165, 1.54) is 26.4 Å². The average molecular weight is 854 g/mol. The molecule has 1 aromatic heterocycles. The predicted octanol–water partition coefficient (Wildman–Crippen LogP) is -4.94. The summed E-state index contributed by atoms with van der Waals surface area (Å²) in [5.74, 6) is -8.74. The monoisotopic (exact) mass is 853 g/mol. The molecule has 0 saturated carbocycles. The van der Waals surface area contributed by atoms with Gasteiger partial charge in [0, 0.05) is 24.9 Å². The van der Waals surface area contributed by atoms with Crippen LogP contribution in [-0.4, -0.2) is 140 Å². The lowest BCUT2D eigenvalue weighted by Gasteiger charge is -2.29. The Morgan fingerprint density at radius 2 is 1.13 bits per heavy atom. The number of carboxylic acids is 1. The molecule has 7 amide bonds. The number of guanidine groups is 1. The van der Waals surface area contributed by atoms with Crippen molar-refractivity contribution >= 4 is 53.3 Å². The summed E-state index contributed by atoms with van der Waals surface area (Å²) in [6.45, 7) is 9.37. The summed E-state index contributed by atoms with van der Waals surface area (Å²) in [5.41, 5.74) is 22.5. The van der Waals surface area contributed by atoms with Crippen molar-refractivity contribution < 1.29 is 53.7 Å². The Balaban J connectivity index is 3.26. The van der Waals surface area contributed by atoms with Crippen LogP contribution in [0.5, 0.6) is 0 Å². The van der Waals surface area contributed by atoms with Gasteiger partial charge in [0.2, 0.25) is 41.4 Å². The molecular formula is C36H63N13O11. The number of amides is 7. The Morgan fingerprint density at radius 1 is 0.683 bits per heavy atom. The highest BCUT2D eigenvalue weighted by molar-refractivity contribution is 5.97. The van der Waals surface area contributed by atoms with Crippen molar-refractivity contribution in [2.45, 2.75) is 135 Å². The van der Waals surface area contributed by atoms with Crippen molar-refractivity contribution in [1.82, 2.24) is 41.9 Å². The number of aliphatic carboxylic acids is 1. The number of nitrogens with zero attached hydrogens (tertiary/aromatic N) is 2. The molecule has 1 heterocycles. The molecule has 1 aromatic rings. The lowest BCUT2D eigenvalue weighted by Crippen LogP contribution is -2.63. The van der Waals surface area contributed by atoms with Crippen LogP contribution in [-0.2, 0) is 44.8 Å². The molecular weight excluding hydrogens is 790 g/mol. The van der Waals surface area contributed by atoms with E-state index in [2.05, 4.69) is 46.9 Å². The number of rotatable bonds is 27. The van der Waals surface area contributed by atoms with E-state index in [0.717, 1.165) is 0 Å². The number of imidazole rings is 1. The van der Waals surface area contributed by atoms with Crippen molar-refractivity contribution in [3.63, 3.8) is 0 Å². The van der Waals surface area contributed by atoms with Gasteiger partial charge in [-0.2, -0.15) is 0 Å². The van der Waals surface area contributed by atoms with Crippen molar-refractivity contribution in [3.8, 4) is 0 Å². The van der Waals surface area contributed by atoms with Crippen LogP contribution in [0.2, 0.25) is 0 Å². The van der Waals surface area contributed by atoms with Crippen LogP contribution < -0.4 is 54.8 Å². The second kappa shape index (κ2) is 25.6. The maximum atomic E-state index is 13.7. The van der Waals surface area contributed by atoms with Crippen molar-refractivity contribution in [1.29, 1.82) is 0 Å². The normalized spacial score (nSPS) is 15.7. The zero-order chi connectivity index (χ0) is 45.9. The molecule has 0 aliphatic carbocycles. The fraction of sp³-hybridized carbons (Fsp3) is 0.667. The largest absolute Gasteiger partial charge is 0.480 e. The zero-order valence-corrected chi connectivity index (χ0v) is 34.8. The van der Waals surface area contributed by atoms with Gasteiger partial charge in [-0.25, -0.2) is 9.78 Å². The quantitative estimate of drug-likeness (QED) is 0.0224. The van der Waals surface area contributed by atoms with E-state index in [0.29, 0.717) is 5.69 Å². The topological polar surface area (TPSA) is 415 Å². The molecule has 0 aromatic carbocycles. The number of carboxylic acid groups (broad SMARTS) is 1. The standard InChI is InChI=1S/C36H63N13O11/c1-16(2)10-23(32(56)47-25(35(59)60)13-26(38)52)45-31(55)24(11-17(3)4)46-33(57)27(18(5)50)49-34(58)28(19(6)51)48-30(54)22(8-7-9-42-36(39)40)44-29(53)21(37)12-20-14-41-15-43-20/h14-19,21-25,27-28,50-51H,7-13,37H2,1-6H3,(H2,38,52)(H,41,43)(H,44,53)(H,45,55)(H,46,57)(H,47,56)(H,48,54)(H,49,58)(H,59,60)(H4,39,40,42)/t18-,19-,21+,22+,23+,24+,25+,27+,28+/m1/s1. The Morgan fingerprint density at radius 3 is 1.57 bits per heavy atom. The van der Waals surface area contributed by atoms with E-state index in [4.69, 9.17) is 22.9 Å². The maximum Gasteiger partial charge on any atom is 0.326 e. The van der Waals surface area contributed by atoms with E-state index in [1.807, 2.05) is 0 Å². The number of nitrogens with one attached hydrogen (secondary N) is 7. The number of aliphatic hydroxyl groups is 2. The van der Waals surface area contributed by atoms with Crippen LogP contribution >= 0.6 is 0 Å². The van der Waals surface area contributed by atoms with E-state index in [9.17, 15) is 53.7 Å². The number of carbonyl (C=O) groups excluding carboxylic acids is 7. The van der Waals surface area contributed by atoms with Crippen LogP contribution in [0.3, 0.4) is 0 Å². The van der Waals surface area contributed by atoms with Gasteiger partial charge >= 0.3 is 5.97 Å². The van der Waals surface area contributed by atoms with Crippen LogP contribution in [0.15, 0.2) is 17.5 Å². The summed E-state index contributed by atoms with van der Waals surface area (Å²) in [7, 11) is 0. The molecule has 0 saturated heterocycles. The second-order valence-corrected chi connectivity index (χ2v) is 15.3. The first-order valence-electron chi connectivity index (χ1n) is 19.4. The number of nitrogens with two attached hydrogens (primary N) is 4. The molecule has 1 rings (SSSR count). The molecule has 0 aliphatic heterocycles. The first-order chi connectivity index (χ1) is 27.9. The Kier molecular flexibility index (Phi) is 22.2. The molecule has 18 N–H and O–H groups in total. The zero-order valence-electron chi connectivity index (χ0n) is 34.8. The molecule has 9 atom stereocenters. The van der Waals surface area contributed by atoms with Gasteiger partial charge in [-0.15, -0.1) is 0 Å². The summed E-state index contributed by atoms with van der Waals surface area (Å²) >= 11 is 0. The maximum absolute atomic E-state index is 13.7. The number of aliphatic imine (C=N–C) groups is 1. The van der Waals surface area contributed by atoms with Crippen molar-refractivity contribution in [3.05, 3.63) is 18.2 Å². The smallest absolute Gasteiger partial charge is 0.326 e. The summed E-state index contributed by atoms with van der Waals surface area (Å²) in [4.78, 5) is 114. The molecule has 0 unspecified atom stereocenters. The highest BCUT2D eigenvalue weighted by atomic mass is 16.4. The summed E-state index contributed by atoms with van der Waals surface area (Å²) in [5, 5.41) is 45.0. The van der Waals surface area contributed by atoms with Gasteiger partial charge in [-0.3, -0.25) is 38.6 Å². The van der Waals surface area contributed by atoms with Crippen molar-refractivity contribution in [2.24, 2.45) is 39.8 Å². The summed E-state index contributed by atoms with van der Waals surface area (Å²) in [6.07, 6.45) is -0.784. The van der Waals surface area contributed by atoms with Gasteiger partial charge in [0.15, 0.2) is 5.96 Å². The number of primary amides is 1. The van der Waals surface area contributed by atoms with Crippen LogP contribution in [0.25, 0.3) is 0 Å². The average Bonchev–Trinajstić information content (AvgIpc) is 3.64. The number of aromatic amines is 1. The van der Waals surface area contributed by atoms with Gasteiger partial charge in [0.05, 0.1) is 31.0 Å². The fourth-order valence-electron chi connectivity index (χ4n) is 5.70. The predicted molar refractivity (Wildman–Crippen MR) is 215 cm³/mol. The molecule has 338 valence electrons. The molecule has 0 fully saturated rings. The lowest BCUT2D eigenvalue weighted by atomic mass is 9.99. The highest BCUT2D eigenvalue weighted by Crippen LogP contribution is 2.11. The summed E-state index contributed by atoms with van der Waals surface area (Å²) < 4.78 is 0. The summed E-state index contributed by atoms with van der Waals surface area (Å²) in [6, 6.07) is -10.3. The molecule has 24 heteroatoms. The SMILES string of the molecule is CC(C)C[C@H](NC(=O)[C@H](CC(C)C)NC(=O)[C@@H](NC(=O)[C@@H](NC(=O)[C@H](CCCN=C(N)N)NC(=O)[C@@H](N)Cc1cnc[nH]1)[C@@H](C)O)[C@@H](C)O)C(=O)N[C@@H](CC(N)=O)C(=O)O. The molecule has 60 heavy (non-hydrogen) atoms. The van der Waals surface area contributed by atoms with Gasteiger partial charge in [-0.05, 0) is 51.4 Å². The third-order valence-corrected chi connectivity index (χ3v) is 8.74. The number of aliphatic hydroxyl groups excluding tert-OH is 2. The second-order valence-electron chi connectivity index (χ2n) is 15.3. The Bertz CT molecular complexity index is 1630. The number of hydrogen-bond acceptors (Lipinski definition) is 13. The molecule has 0 spiro atoms. The molecule has 0 radical (unpaired) electrons. The first kappa shape index (κ1) is 52.1. The number of carbonyl (C=O) groups is 8. The minimum absolute atomic E-state index is 0.00168. The molecule has 0 aliphatic rings. The van der Waals surface area contributed by atoms with E-state index in [-0.39, 0.29) is 56.4 Å². The highest BCUT2D eigenvalue weighted by Gasteiger charge is 2.37. The fourth-order valence-corrected chi connectivity index (χ4v) is 5.70. The van der Waals surface area contributed by atoms with Crippen molar-refractivity contribution in [2.75, 3.05) is 6.54 Å². The first-order valence-corrected chi connectivity index (χ1v) is 19.4. The van der Waals surface area contributed by atoms with Gasteiger partial charge in [0.25, 0.3) is 0 Å². The van der Waals surface area contributed by atoms with Crippen LogP contribution in [0, 0.1) is 11.8 Å². The van der Waals surface area contributed by atoms with Gasteiger partial charge in [0.1, 0.15) is 36.3 Å². The van der Waals surface area contributed by atoms with Gasteiger partial charge < -0.3 is 75.1 Å². The Hall–Kier alpha value is -5.88. The third-order valence-electron chi connectivity index (χ3n) is 8.74. The van der Waals surface area contributed by atoms with E-state index in [1.54, 1.807) is 27.7 Å². The lowest BCUT2D eigenvalue weighted by molar-refractivity contribution is -0.144. The van der Waals surface area contributed by atoms with E-state index >= 15 is 0 Å². The number of hydrogen-bond donors (Lipinski definition) is 14. The third kappa shape index (κ3) is 19.2. The van der Waals surface area contributed by atoms with Crippen LogP contribution in [0.1, 0.15) is 79.3 Å². The van der Waals surface area contributed by atoms with E-state index < -0.39 is 108 Å². The minimum atomic E-state index is -1.76. The number of aromatic nitrogens is 2. The number of H-pyrrole nitrogens is 1. The minimum Gasteiger partial charge on any atom is -0.480 e. The van der Waals surface area contributed by atoms with Crippen LogP contribution in [0.4, 0.5) is 0 Å². The van der Waals surface area contributed by atoms with Gasteiger partial charge in [-0.1, -0.05) is 27.7 Å². The molecule has 24 nitrogen and oxygen atoms in total. The Labute approximate surface area is 347 Å².